The maximum atomic E-state index is 12.6. The van der Waals surface area contributed by atoms with Gasteiger partial charge in [-0.15, -0.1) is 15.3 Å². The monoisotopic (exact) mass is 371 g/mol. The Kier molecular flexibility index (Phi) is 5.52. The van der Waals surface area contributed by atoms with Crippen LogP contribution in [0.4, 0.5) is 5.82 Å². The third-order valence-electron chi connectivity index (χ3n) is 5.57. The third kappa shape index (κ3) is 4.05. The molecule has 8 heteroatoms. The first kappa shape index (κ1) is 18.2. The summed E-state index contributed by atoms with van der Waals surface area (Å²) in [7, 11) is 0. The molecule has 4 rings (SSSR count). The molecule has 0 aromatic carbocycles. The summed E-state index contributed by atoms with van der Waals surface area (Å²) < 4.78 is 1.81. The molecular weight excluding hydrogens is 342 g/mol. The van der Waals surface area contributed by atoms with Crippen LogP contribution in [-0.2, 0) is 11.2 Å². The molecule has 0 radical (unpaired) electrons. The van der Waals surface area contributed by atoms with Crippen molar-refractivity contribution in [3.8, 4) is 0 Å². The molecule has 146 valence electrons. The van der Waals surface area contributed by atoms with E-state index in [2.05, 4.69) is 26.9 Å². The molecule has 0 N–H and O–H groups in total. The zero-order valence-corrected chi connectivity index (χ0v) is 16.2. The number of amides is 1. The molecule has 27 heavy (non-hydrogen) atoms. The van der Waals surface area contributed by atoms with Gasteiger partial charge in [-0.3, -0.25) is 9.69 Å². The van der Waals surface area contributed by atoms with Gasteiger partial charge in [-0.2, -0.15) is 4.52 Å². The zero-order chi connectivity index (χ0) is 18.6. The van der Waals surface area contributed by atoms with Gasteiger partial charge >= 0.3 is 0 Å². The highest BCUT2D eigenvalue weighted by atomic mass is 16.2. The Balaban J connectivity index is 1.37. The minimum Gasteiger partial charge on any atom is -0.355 e. The first-order valence-electron chi connectivity index (χ1n) is 10.2. The van der Waals surface area contributed by atoms with E-state index in [1.165, 1.54) is 19.3 Å². The number of nitrogens with zero attached hydrogens (tertiary/aromatic N) is 7. The summed E-state index contributed by atoms with van der Waals surface area (Å²) in [6.07, 6.45) is 4.64. The summed E-state index contributed by atoms with van der Waals surface area (Å²) in [5, 5.41) is 13.2. The molecule has 8 nitrogen and oxygen atoms in total. The molecule has 1 amide bonds. The minimum absolute atomic E-state index is 0.207. The zero-order valence-electron chi connectivity index (χ0n) is 16.2. The van der Waals surface area contributed by atoms with E-state index >= 15 is 0 Å². The highest BCUT2D eigenvalue weighted by Crippen LogP contribution is 2.18. The minimum atomic E-state index is 0.207. The van der Waals surface area contributed by atoms with Gasteiger partial charge in [0.2, 0.25) is 5.91 Å². The van der Waals surface area contributed by atoms with Crippen molar-refractivity contribution in [3.63, 3.8) is 0 Å². The van der Waals surface area contributed by atoms with Gasteiger partial charge in [-0.05, 0) is 37.9 Å². The van der Waals surface area contributed by atoms with Crippen LogP contribution in [0.1, 0.15) is 38.4 Å². The number of anilines is 1. The van der Waals surface area contributed by atoms with Gasteiger partial charge in [-0.25, -0.2) is 0 Å². The number of aryl methyl sites for hydroxylation is 1. The topological polar surface area (TPSA) is 69.9 Å². The number of hydrogen-bond acceptors (Lipinski definition) is 6. The molecule has 0 unspecified atom stereocenters. The van der Waals surface area contributed by atoms with Crippen LogP contribution >= 0.6 is 0 Å². The molecule has 0 bridgehead atoms. The first-order valence-corrected chi connectivity index (χ1v) is 10.2. The Hall–Kier alpha value is -2.22. The summed E-state index contributed by atoms with van der Waals surface area (Å²) in [4.78, 5) is 19.3. The van der Waals surface area contributed by atoms with E-state index in [0.717, 1.165) is 63.1 Å². The number of carbonyl (C=O) groups is 1. The molecule has 0 spiro atoms. The van der Waals surface area contributed by atoms with E-state index in [0.29, 0.717) is 12.8 Å². The Morgan fingerprint density at radius 1 is 1.04 bits per heavy atom. The van der Waals surface area contributed by atoms with Crippen LogP contribution in [0.5, 0.6) is 0 Å². The Morgan fingerprint density at radius 3 is 2.56 bits per heavy atom. The average Bonchev–Trinajstić information content (AvgIpc) is 3.36. The van der Waals surface area contributed by atoms with E-state index in [1.807, 2.05) is 17.0 Å². The maximum Gasteiger partial charge on any atom is 0.223 e. The number of piperazine rings is 1. The predicted octanol–water partition coefficient (Wildman–Crippen LogP) is 1.21. The summed E-state index contributed by atoms with van der Waals surface area (Å²) in [5.74, 6) is 1.95. The Bertz CT molecular complexity index is 775. The van der Waals surface area contributed by atoms with Gasteiger partial charge in [0.25, 0.3) is 0 Å². The van der Waals surface area contributed by atoms with Crippen LogP contribution in [-0.4, -0.2) is 81.3 Å². The largest absolute Gasteiger partial charge is 0.355 e. The van der Waals surface area contributed by atoms with Gasteiger partial charge < -0.3 is 9.80 Å². The van der Waals surface area contributed by atoms with Crippen LogP contribution in [0.2, 0.25) is 0 Å². The van der Waals surface area contributed by atoms with Gasteiger partial charge in [0.05, 0.1) is 0 Å². The van der Waals surface area contributed by atoms with Gasteiger partial charge in [0, 0.05) is 52.1 Å². The van der Waals surface area contributed by atoms with Crippen LogP contribution in [0.25, 0.3) is 5.65 Å². The van der Waals surface area contributed by atoms with Crippen LogP contribution in [0, 0.1) is 0 Å². The lowest BCUT2D eigenvalue weighted by Crippen LogP contribution is -2.48. The second-order valence-corrected chi connectivity index (χ2v) is 7.49. The van der Waals surface area contributed by atoms with Crippen molar-refractivity contribution in [2.75, 3.05) is 50.7 Å². The average molecular weight is 371 g/mol. The first-order chi connectivity index (χ1) is 13.2. The van der Waals surface area contributed by atoms with Crippen LogP contribution in [0.3, 0.4) is 0 Å². The van der Waals surface area contributed by atoms with Crippen molar-refractivity contribution in [1.29, 1.82) is 0 Å². The van der Waals surface area contributed by atoms with Crippen molar-refractivity contribution in [2.45, 2.75) is 39.0 Å². The summed E-state index contributed by atoms with van der Waals surface area (Å²) in [6, 6.07) is 3.98. The molecular formula is C19H29N7O. The van der Waals surface area contributed by atoms with Crippen molar-refractivity contribution in [1.82, 2.24) is 29.6 Å². The maximum absolute atomic E-state index is 12.6. The van der Waals surface area contributed by atoms with Crippen molar-refractivity contribution in [2.24, 2.45) is 0 Å². The van der Waals surface area contributed by atoms with Crippen molar-refractivity contribution >= 4 is 17.4 Å². The second kappa shape index (κ2) is 8.21. The lowest BCUT2D eigenvalue weighted by molar-refractivity contribution is -0.132. The third-order valence-corrected chi connectivity index (χ3v) is 5.57. The fourth-order valence-electron chi connectivity index (χ4n) is 4.01. The van der Waals surface area contributed by atoms with E-state index < -0.39 is 0 Å². The SMILES string of the molecule is CCCN1CCN(C(=O)CCc2nnc3ccc(N4CCCC4)nn23)CC1. The molecule has 2 fully saturated rings. The molecule has 2 saturated heterocycles. The predicted molar refractivity (Wildman–Crippen MR) is 104 cm³/mol. The molecule has 2 aromatic rings. The summed E-state index contributed by atoms with van der Waals surface area (Å²) in [6.45, 7) is 9.05. The van der Waals surface area contributed by atoms with E-state index in [4.69, 9.17) is 5.10 Å². The van der Waals surface area contributed by atoms with E-state index in [9.17, 15) is 4.79 Å². The summed E-state index contributed by atoms with van der Waals surface area (Å²) in [5.41, 5.74) is 0.744. The molecule has 2 aliphatic heterocycles. The van der Waals surface area contributed by atoms with Crippen molar-refractivity contribution < 1.29 is 4.79 Å². The van der Waals surface area contributed by atoms with Crippen molar-refractivity contribution in [3.05, 3.63) is 18.0 Å². The molecule has 0 atom stereocenters. The van der Waals surface area contributed by atoms with Gasteiger partial charge in [-0.1, -0.05) is 6.92 Å². The fourth-order valence-corrected chi connectivity index (χ4v) is 4.01. The number of fused-ring (bicyclic) bond motifs is 1. The normalized spacial score (nSPS) is 18.6. The Labute approximate surface area is 160 Å². The molecule has 0 saturated carbocycles. The number of carbonyl (C=O) groups excluding carboxylic acids is 1. The van der Waals surface area contributed by atoms with Crippen LogP contribution < -0.4 is 4.90 Å². The molecule has 0 aliphatic carbocycles. The number of rotatable bonds is 6. The quantitative estimate of drug-likeness (QED) is 0.760. The van der Waals surface area contributed by atoms with Gasteiger partial charge in [0.15, 0.2) is 11.5 Å². The molecule has 2 aromatic heterocycles. The number of hydrogen-bond donors (Lipinski definition) is 0. The lowest BCUT2D eigenvalue weighted by atomic mass is 10.2. The summed E-state index contributed by atoms with van der Waals surface area (Å²) >= 11 is 0. The molecule has 4 heterocycles. The number of aromatic nitrogens is 4. The highest BCUT2D eigenvalue weighted by Gasteiger charge is 2.21. The van der Waals surface area contributed by atoms with Gasteiger partial charge in [0.1, 0.15) is 5.82 Å². The Morgan fingerprint density at radius 2 is 1.81 bits per heavy atom. The van der Waals surface area contributed by atoms with E-state index in [-0.39, 0.29) is 5.91 Å². The fraction of sp³-hybridized carbons (Fsp3) is 0.684. The standard InChI is InChI=1S/C19H29N7O/c1-2-9-23-12-14-25(15-13-23)19(27)8-7-17-21-20-16-5-6-18(22-26(16)17)24-10-3-4-11-24/h5-6H,2-4,7-15H2,1H3. The van der Waals surface area contributed by atoms with Crippen LogP contribution in [0.15, 0.2) is 12.1 Å². The highest BCUT2D eigenvalue weighted by molar-refractivity contribution is 5.76. The smallest absolute Gasteiger partial charge is 0.223 e. The second-order valence-electron chi connectivity index (χ2n) is 7.49. The lowest BCUT2D eigenvalue weighted by Gasteiger charge is -2.34. The molecule has 2 aliphatic rings. The van der Waals surface area contributed by atoms with E-state index in [1.54, 1.807) is 4.52 Å².